The summed E-state index contributed by atoms with van der Waals surface area (Å²) in [7, 11) is -0.320. The Hall–Kier alpha value is -0.763. The van der Waals surface area contributed by atoms with Crippen LogP contribution in [0, 0.1) is 0 Å². The van der Waals surface area contributed by atoms with Gasteiger partial charge < -0.3 is 4.46 Å². The van der Waals surface area contributed by atoms with Crippen LogP contribution < -0.4 is 5.19 Å². The third kappa shape index (κ3) is 1.10. The van der Waals surface area contributed by atoms with E-state index in [9.17, 15) is 4.46 Å². The van der Waals surface area contributed by atoms with Gasteiger partial charge in [0, 0.05) is 0 Å². The van der Waals surface area contributed by atoms with E-state index in [1.165, 1.54) is 0 Å². The van der Waals surface area contributed by atoms with Crippen molar-refractivity contribution in [1.82, 2.24) is 0 Å². The zero-order valence-corrected chi connectivity index (χ0v) is 5.29. The van der Waals surface area contributed by atoms with Crippen LogP contribution in [0.3, 0.4) is 0 Å². The molecule has 2 heteroatoms. The lowest BCUT2D eigenvalue weighted by Crippen LogP contribution is -2.02. The lowest BCUT2D eigenvalue weighted by atomic mass is 10.4. The molecule has 40 valence electrons. The van der Waals surface area contributed by atoms with Crippen molar-refractivity contribution < 1.29 is 4.46 Å². The lowest BCUT2D eigenvalue weighted by Gasteiger charge is -1.93. The predicted molar refractivity (Wildman–Crippen MR) is 32.5 cm³/mol. The van der Waals surface area contributed by atoms with Gasteiger partial charge in [-0.1, -0.05) is 30.3 Å². The van der Waals surface area contributed by atoms with Crippen molar-refractivity contribution in [2.45, 2.75) is 0 Å². The average Bonchev–Trinajstić information content (AvgIpc) is 1.90. The van der Waals surface area contributed by atoms with E-state index in [1.54, 1.807) is 0 Å². The molecule has 0 amide bonds. The molecule has 1 aromatic rings. The zero-order chi connectivity index (χ0) is 5.82. The first-order valence-corrected chi connectivity index (χ1v) is 3.27. The number of hydrogen-bond acceptors (Lipinski definition) is 1. The van der Waals surface area contributed by atoms with E-state index in [2.05, 4.69) is 0 Å². The van der Waals surface area contributed by atoms with Crippen LogP contribution in [0.15, 0.2) is 30.3 Å². The molecule has 0 spiro atoms. The molecule has 0 radical (unpaired) electrons. The van der Waals surface area contributed by atoms with Gasteiger partial charge in [0.2, 0.25) is 0 Å². The maximum absolute atomic E-state index is 10.2. The summed E-state index contributed by atoms with van der Waals surface area (Å²) in [5.41, 5.74) is 0. The fraction of sp³-hybridized carbons (Fsp3) is 0. The van der Waals surface area contributed by atoms with Crippen LogP contribution in [-0.4, -0.2) is 9.41 Å². The van der Waals surface area contributed by atoms with E-state index in [4.69, 9.17) is 0 Å². The van der Waals surface area contributed by atoms with Gasteiger partial charge in [0.25, 0.3) is 0 Å². The van der Waals surface area contributed by atoms with Crippen LogP contribution in [-0.2, 0) is 4.46 Å². The molecule has 0 unspecified atom stereocenters. The SMILES string of the molecule is O=[Si-]c1ccccc1. The fourth-order valence-electron chi connectivity index (χ4n) is 0.506. The molecule has 0 saturated heterocycles. The number of hydrogen-bond donors (Lipinski definition) is 0. The van der Waals surface area contributed by atoms with Gasteiger partial charge in [-0.15, -0.1) is 9.41 Å². The number of benzene rings is 1. The van der Waals surface area contributed by atoms with Crippen LogP contribution >= 0.6 is 0 Å². The molecule has 0 fully saturated rings. The first-order valence-electron chi connectivity index (χ1n) is 2.36. The molecule has 0 saturated carbocycles. The highest BCUT2D eigenvalue weighted by Crippen LogP contribution is 1.77. The first kappa shape index (κ1) is 5.38. The Balaban J connectivity index is 2.99. The van der Waals surface area contributed by atoms with Crippen LogP contribution in [0.4, 0.5) is 0 Å². The summed E-state index contributed by atoms with van der Waals surface area (Å²) in [6, 6.07) is 9.33. The Labute approximate surface area is 50.2 Å². The van der Waals surface area contributed by atoms with Crippen molar-refractivity contribution in [3.05, 3.63) is 30.3 Å². The largest absolute Gasteiger partial charge is 0.614 e. The molecular weight excluding hydrogens is 116 g/mol. The molecule has 0 heterocycles. The third-order valence-electron chi connectivity index (χ3n) is 0.892. The van der Waals surface area contributed by atoms with Gasteiger partial charge in [-0.25, -0.2) is 0 Å². The van der Waals surface area contributed by atoms with E-state index in [1.807, 2.05) is 30.3 Å². The summed E-state index contributed by atoms with van der Waals surface area (Å²) in [5, 5.41) is 0.882. The van der Waals surface area contributed by atoms with Crippen molar-refractivity contribution >= 4 is 14.6 Å². The maximum atomic E-state index is 10.2. The van der Waals surface area contributed by atoms with E-state index in [0.29, 0.717) is 0 Å². The summed E-state index contributed by atoms with van der Waals surface area (Å²) in [6.45, 7) is 0. The summed E-state index contributed by atoms with van der Waals surface area (Å²) in [6.07, 6.45) is 0. The predicted octanol–water partition coefficient (Wildman–Crippen LogP) is 0.362. The van der Waals surface area contributed by atoms with Crippen LogP contribution in [0.1, 0.15) is 0 Å². The fourth-order valence-corrected chi connectivity index (χ4v) is 0.835. The Kier molecular flexibility index (Phi) is 1.69. The van der Waals surface area contributed by atoms with E-state index >= 15 is 0 Å². The van der Waals surface area contributed by atoms with Crippen molar-refractivity contribution in [2.24, 2.45) is 0 Å². The van der Waals surface area contributed by atoms with Gasteiger partial charge in [-0.2, -0.15) is 5.19 Å². The normalized spacial score (nSPS) is 8.50. The highest BCUT2D eigenvalue weighted by molar-refractivity contribution is 6.38. The zero-order valence-electron chi connectivity index (χ0n) is 4.29. The summed E-state index contributed by atoms with van der Waals surface area (Å²) in [4.78, 5) is 0. The van der Waals surface area contributed by atoms with E-state index in [-0.39, 0.29) is 9.41 Å². The molecule has 1 rings (SSSR count). The van der Waals surface area contributed by atoms with Crippen LogP contribution in [0.2, 0.25) is 0 Å². The second-order valence-corrected chi connectivity index (χ2v) is 2.25. The Morgan fingerprint density at radius 2 is 1.75 bits per heavy atom. The van der Waals surface area contributed by atoms with Gasteiger partial charge in [-0.3, -0.25) is 0 Å². The summed E-state index contributed by atoms with van der Waals surface area (Å²) in [5.74, 6) is 0. The Morgan fingerprint density at radius 1 is 1.12 bits per heavy atom. The minimum absolute atomic E-state index is 0.320. The monoisotopic (exact) mass is 121 g/mol. The average molecular weight is 121 g/mol. The molecule has 0 aliphatic carbocycles. The standard InChI is InChI=1S/C6H5OSi/c7-8-6-4-2-1-3-5-6/h1-5H/q-1. The topological polar surface area (TPSA) is 17.1 Å². The lowest BCUT2D eigenvalue weighted by molar-refractivity contribution is 0.583. The Bertz CT molecular complexity index is 171. The molecule has 0 aliphatic rings. The van der Waals surface area contributed by atoms with Crippen LogP contribution in [0.25, 0.3) is 0 Å². The molecule has 0 N–H and O–H groups in total. The molecule has 1 aromatic carbocycles. The first-order chi connectivity index (χ1) is 3.93. The molecular formula is C6H5OSi-. The van der Waals surface area contributed by atoms with Gasteiger partial charge in [0.15, 0.2) is 0 Å². The van der Waals surface area contributed by atoms with Gasteiger partial charge >= 0.3 is 0 Å². The van der Waals surface area contributed by atoms with Gasteiger partial charge in [0.1, 0.15) is 0 Å². The van der Waals surface area contributed by atoms with E-state index in [0.717, 1.165) is 5.19 Å². The quantitative estimate of drug-likeness (QED) is 0.490. The van der Waals surface area contributed by atoms with Gasteiger partial charge in [-0.05, 0) is 0 Å². The molecule has 0 bridgehead atoms. The van der Waals surface area contributed by atoms with Crippen molar-refractivity contribution in [2.75, 3.05) is 0 Å². The maximum Gasteiger partial charge on any atom is -0.0625 e. The highest BCUT2D eigenvalue weighted by atomic mass is 28.2. The third-order valence-corrected chi connectivity index (χ3v) is 1.46. The highest BCUT2D eigenvalue weighted by Gasteiger charge is 1.68. The van der Waals surface area contributed by atoms with Crippen molar-refractivity contribution in [3.8, 4) is 0 Å². The van der Waals surface area contributed by atoms with Crippen molar-refractivity contribution in [3.63, 3.8) is 0 Å². The molecule has 0 atom stereocenters. The molecule has 8 heavy (non-hydrogen) atoms. The summed E-state index contributed by atoms with van der Waals surface area (Å²) >= 11 is 0. The Morgan fingerprint density at radius 3 is 2.12 bits per heavy atom. The minimum Gasteiger partial charge on any atom is -0.614 e. The minimum atomic E-state index is -0.320. The van der Waals surface area contributed by atoms with Gasteiger partial charge in [0.05, 0.1) is 0 Å². The molecule has 0 aliphatic heterocycles. The second-order valence-electron chi connectivity index (χ2n) is 1.47. The number of rotatable bonds is 1. The molecule has 0 aromatic heterocycles. The molecule has 1 nitrogen and oxygen atoms in total. The summed E-state index contributed by atoms with van der Waals surface area (Å²) < 4.78 is 10.2. The smallest absolute Gasteiger partial charge is 0.0625 e. The second kappa shape index (κ2) is 2.52. The van der Waals surface area contributed by atoms with E-state index < -0.39 is 0 Å². The van der Waals surface area contributed by atoms with Crippen LogP contribution in [0.5, 0.6) is 0 Å². The van der Waals surface area contributed by atoms with Crippen molar-refractivity contribution in [1.29, 1.82) is 0 Å².